The second-order valence-corrected chi connectivity index (χ2v) is 30.0. The van der Waals surface area contributed by atoms with Gasteiger partial charge in [-0.05, 0) is 219 Å². The number of rotatable bonds is 12. The van der Waals surface area contributed by atoms with E-state index in [4.69, 9.17) is 48.4 Å². The van der Waals surface area contributed by atoms with E-state index in [0.29, 0.717) is 68.4 Å². The molecule has 506 valence electrons. The van der Waals surface area contributed by atoms with Crippen LogP contribution in [0.25, 0.3) is 153 Å². The maximum absolute atomic E-state index is 6.33. The maximum Gasteiger partial charge on any atom is 0.134 e. The number of fused-ring (bicyclic) bond motifs is 18. The molecule has 5 aromatic heterocycles. The molecule has 0 fully saturated rings. The van der Waals surface area contributed by atoms with Crippen LogP contribution in [0.3, 0.4) is 0 Å². The summed E-state index contributed by atoms with van der Waals surface area (Å²) in [7, 11) is 10.0. The van der Waals surface area contributed by atoms with Crippen molar-refractivity contribution in [3.63, 3.8) is 0 Å². The van der Waals surface area contributed by atoms with Gasteiger partial charge in [0.05, 0.1) is 99.3 Å². The molecule has 14 heteroatoms. The van der Waals surface area contributed by atoms with Crippen LogP contribution in [0.1, 0.15) is 90.1 Å². The Bertz CT molecular complexity index is 5130. The largest absolute Gasteiger partial charge is 0.496 e. The molecule has 0 saturated heterocycles. The van der Waals surface area contributed by atoms with E-state index in [-0.39, 0.29) is 0 Å². The third kappa shape index (κ3) is 11.9. The molecule has 0 saturated carbocycles. The summed E-state index contributed by atoms with van der Waals surface area (Å²) in [4.78, 5) is 23.0. The van der Waals surface area contributed by atoms with Crippen LogP contribution in [0.2, 0.25) is 0 Å². The standard InChI is InChI=1S/C88H74N4O6S4/c1-47-19-15-20-48(2)77(47)83-61-31-27-57(89-61)81(87-65(95-11)43-55(93-9)44-66(87)96-12)58-28-32-62(90-58)85(79-51(5)23-17-24-52(79)6)75-41-37-71(101-75)72-38-42-76(102-72)86(80-53(7)25-18-26-54(80)8)64-34-30-60(92-64)82(88-67(97-13)45-56(94-10)46-68(88)98-14)59-29-33-63(91-59)84(78-49(3)21-16-22-50(78)4)74-40-36-70(100-74)69-35-39-73(83)99-69/h15-46H,1-14H3. The van der Waals surface area contributed by atoms with Gasteiger partial charge in [-0.15, -0.1) is 45.3 Å². The van der Waals surface area contributed by atoms with Crippen LogP contribution in [0, 0.1) is 55.4 Å². The number of hydrogen-bond acceptors (Lipinski definition) is 14. The molecule has 0 unspecified atom stereocenters. The Labute approximate surface area is 610 Å². The molecule has 0 aliphatic carbocycles. The SMILES string of the molecule is COc1cc(OC)c(-c2c3nc(c(-c4c(C)cccc4C)c4ccc(s4)c4ccc(s4)c(-c4c(C)cccc4C)c4nc(c(-c5c(OC)cc(OC)cc5OC)c5nc(c(-c6c(C)cccc6C)c6ccc(s6)c6ccc(s6)c(-c6c(C)cccc6C)c6nc2C=C6)C=C5)C=C4)C=C3)c(OC)c1. The lowest BCUT2D eigenvalue weighted by molar-refractivity contribution is 0.377. The van der Waals surface area contributed by atoms with Gasteiger partial charge in [0.25, 0.3) is 0 Å². The van der Waals surface area contributed by atoms with Crippen molar-refractivity contribution in [1.29, 1.82) is 0 Å². The summed E-state index contributed by atoms with van der Waals surface area (Å²) < 4.78 is 45.8. The summed E-state index contributed by atoms with van der Waals surface area (Å²) in [5, 5.41) is 0. The van der Waals surface area contributed by atoms with E-state index in [1.54, 1.807) is 88.0 Å². The van der Waals surface area contributed by atoms with Crippen molar-refractivity contribution < 1.29 is 28.4 Å². The fourth-order valence-electron chi connectivity index (χ4n) is 14.6. The molecule has 0 atom stereocenters. The minimum Gasteiger partial charge on any atom is -0.496 e. The predicted octanol–water partition coefficient (Wildman–Crippen LogP) is 24.2. The monoisotopic (exact) mass is 1410 g/mol. The van der Waals surface area contributed by atoms with Crippen molar-refractivity contribution in [3.8, 4) is 101 Å². The van der Waals surface area contributed by atoms with Gasteiger partial charge in [-0.3, -0.25) is 0 Å². The highest BCUT2D eigenvalue weighted by Gasteiger charge is 2.29. The average Bonchev–Trinajstić information content (AvgIpc) is 1.59. The zero-order valence-electron chi connectivity index (χ0n) is 59.3. The summed E-state index contributed by atoms with van der Waals surface area (Å²) in [6.45, 7) is 17.5. The molecule has 0 radical (unpaired) electrons. The van der Waals surface area contributed by atoms with E-state index in [1.807, 2.05) is 24.3 Å². The second-order valence-electron chi connectivity index (χ2n) is 25.6. The van der Waals surface area contributed by atoms with Gasteiger partial charge in [-0.1, -0.05) is 72.8 Å². The average molecular weight is 1410 g/mol. The first-order valence-corrected chi connectivity index (χ1v) is 36.9. The summed E-state index contributed by atoms with van der Waals surface area (Å²) >= 11 is 7.06. The van der Waals surface area contributed by atoms with Crippen LogP contribution in [0.4, 0.5) is 0 Å². The van der Waals surface area contributed by atoms with Gasteiger partial charge < -0.3 is 28.4 Å². The van der Waals surface area contributed by atoms with Crippen molar-refractivity contribution in [2.45, 2.75) is 55.4 Å². The van der Waals surface area contributed by atoms with Gasteiger partial charge in [-0.2, -0.15) is 0 Å². The van der Waals surface area contributed by atoms with E-state index in [9.17, 15) is 0 Å². The Hall–Kier alpha value is -10.7. The number of methoxy groups -OCH3 is 6. The molecule has 0 amide bonds. The number of thiophene rings is 4. The Morgan fingerprint density at radius 1 is 0.206 bits per heavy atom. The molecule has 9 heterocycles. The first kappa shape index (κ1) is 67.1. The number of hydrogen-bond donors (Lipinski definition) is 0. The third-order valence-corrected chi connectivity index (χ3v) is 24.2. The van der Waals surface area contributed by atoms with Gasteiger partial charge >= 0.3 is 0 Å². The maximum atomic E-state index is 6.33. The number of benzene rings is 6. The zero-order chi connectivity index (χ0) is 70.8. The van der Waals surface area contributed by atoms with E-state index in [1.165, 1.54) is 0 Å². The Morgan fingerprint density at radius 3 is 0.578 bits per heavy atom. The minimum atomic E-state index is 0.556. The van der Waals surface area contributed by atoms with E-state index >= 15 is 0 Å². The summed E-state index contributed by atoms with van der Waals surface area (Å²) in [6, 6.07) is 51.7. The molecule has 16 bridgehead atoms. The smallest absolute Gasteiger partial charge is 0.134 e. The molecule has 0 spiro atoms. The molecule has 15 rings (SSSR count). The van der Waals surface area contributed by atoms with Crippen LogP contribution in [0.15, 0.2) is 146 Å². The summed E-state index contributed by atoms with van der Waals surface area (Å²) in [5.74, 6) is 3.41. The zero-order valence-corrected chi connectivity index (χ0v) is 62.6. The van der Waals surface area contributed by atoms with Crippen molar-refractivity contribution in [2.75, 3.05) is 42.7 Å². The molecule has 11 aromatic rings. The lowest BCUT2D eigenvalue weighted by Crippen LogP contribution is -1.98. The summed E-state index contributed by atoms with van der Waals surface area (Å²) in [5.41, 5.74) is 26.8. The highest BCUT2D eigenvalue weighted by atomic mass is 32.1. The number of aromatic nitrogens is 4. The first-order valence-electron chi connectivity index (χ1n) is 33.7. The fourth-order valence-corrected chi connectivity index (χ4v) is 19.1. The van der Waals surface area contributed by atoms with Crippen LogP contribution in [-0.2, 0) is 0 Å². The third-order valence-electron chi connectivity index (χ3n) is 19.4. The topological polar surface area (TPSA) is 107 Å². The molecular weight excluding hydrogens is 1340 g/mol. The van der Waals surface area contributed by atoms with Crippen LogP contribution in [-0.4, -0.2) is 62.6 Å². The molecule has 10 nitrogen and oxygen atoms in total. The van der Waals surface area contributed by atoms with Crippen LogP contribution < -0.4 is 28.4 Å². The van der Waals surface area contributed by atoms with Crippen LogP contribution >= 0.6 is 45.3 Å². The van der Waals surface area contributed by atoms with Crippen molar-refractivity contribution in [1.82, 2.24) is 19.9 Å². The lowest BCUT2D eigenvalue weighted by Gasteiger charge is -2.16. The Morgan fingerprint density at radius 2 is 0.392 bits per heavy atom. The number of ether oxygens (including phenoxy) is 6. The highest BCUT2D eigenvalue weighted by molar-refractivity contribution is 7.31. The van der Waals surface area contributed by atoms with Crippen molar-refractivity contribution in [2.24, 2.45) is 0 Å². The van der Waals surface area contributed by atoms with E-state index < -0.39 is 0 Å². The molecule has 6 aromatic carbocycles. The van der Waals surface area contributed by atoms with Crippen molar-refractivity contribution in [3.05, 3.63) is 236 Å². The molecule has 0 N–H and O–H groups in total. The molecule has 4 aliphatic heterocycles. The molecule has 4 aliphatic rings. The predicted molar refractivity (Wildman–Crippen MR) is 433 cm³/mol. The first-order chi connectivity index (χ1) is 49.6. The van der Waals surface area contributed by atoms with Gasteiger partial charge in [0.2, 0.25) is 0 Å². The summed E-state index contributed by atoms with van der Waals surface area (Å²) in [6.07, 6.45) is 17.0. The highest BCUT2D eigenvalue weighted by Crippen LogP contribution is 2.51. The Balaban J connectivity index is 1.13. The van der Waals surface area contributed by atoms with E-state index in [2.05, 4.69) is 225 Å². The van der Waals surface area contributed by atoms with Gasteiger partial charge in [0, 0.05) is 95.2 Å². The molecule has 102 heavy (non-hydrogen) atoms. The normalized spacial score (nSPS) is 12.1. The van der Waals surface area contributed by atoms with Crippen LogP contribution in [0.5, 0.6) is 34.5 Å². The van der Waals surface area contributed by atoms with Gasteiger partial charge in [-0.25, -0.2) is 19.9 Å². The molecular formula is C88H74N4O6S4. The number of nitrogens with zero attached hydrogens (tertiary/aromatic N) is 4. The lowest BCUT2D eigenvalue weighted by atomic mass is 9.95. The quantitative estimate of drug-likeness (QED) is 0.117. The second kappa shape index (κ2) is 27.7. The van der Waals surface area contributed by atoms with Gasteiger partial charge in [0.15, 0.2) is 0 Å². The Kier molecular flexibility index (Phi) is 18.2. The van der Waals surface area contributed by atoms with E-state index in [0.717, 1.165) is 161 Å². The van der Waals surface area contributed by atoms with Crippen molar-refractivity contribution >= 4 is 132 Å². The fraction of sp³-hybridized carbons (Fsp3) is 0.159. The van der Waals surface area contributed by atoms with Gasteiger partial charge in [0.1, 0.15) is 34.5 Å². The number of aryl methyl sites for hydroxylation is 8. The minimum absolute atomic E-state index is 0.556.